The number of aryl methyl sites for hydroxylation is 1. The minimum atomic E-state index is -0.483. The van der Waals surface area contributed by atoms with Crippen molar-refractivity contribution in [3.05, 3.63) is 54.2 Å². The second kappa shape index (κ2) is 5.89. The molecule has 1 aromatic carbocycles. The Morgan fingerprint density at radius 3 is 2.73 bits per heavy atom. The number of rotatable bonds is 3. The molecular weight excluding hydrogens is 278 g/mol. The van der Waals surface area contributed by atoms with Crippen LogP contribution in [0.2, 0.25) is 0 Å². The van der Waals surface area contributed by atoms with Crippen LogP contribution in [0.25, 0.3) is 16.9 Å². The standard InChI is InChI=1S/C17H17N3O2/c1-3-22-17(21)19-16-15(13-7-5-4-6-8-13)18-14-10-9-12(2)11-20(14)16/h4-11H,3H2,1-2H3,(H,19,21). The minimum Gasteiger partial charge on any atom is -0.450 e. The molecule has 0 saturated carbocycles. The first-order chi connectivity index (χ1) is 10.7. The summed E-state index contributed by atoms with van der Waals surface area (Å²) in [5.41, 5.74) is 3.52. The van der Waals surface area contributed by atoms with Gasteiger partial charge in [-0.05, 0) is 25.5 Å². The summed E-state index contributed by atoms with van der Waals surface area (Å²) in [5, 5.41) is 2.80. The number of amides is 1. The number of carbonyl (C=O) groups is 1. The average molecular weight is 295 g/mol. The molecule has 0 atom stereocenters. The van der Waals surface area contributed by atoms with Gasteiger partial charge in [0.1, 0.15) is 17.2 Å². The number of aromatic nitrogens is 2. The molecule has 0 bridgehead atoms. The molecule has 0 aliphatic heterocycles. The molecule has 0 unspecified atom stereocenters. The third kappa shape index (κ3) is 2.65. The summed E-state index contributed by atoms with van der Waals surface area (Å²) in [6.07, 6.45) is 1.46. The van der Waals surface area contributed by atoms with Crippen molar-refractivity contribution in [2.45, 2.75) is 13.8 Å². The Bertz CT molecular complexity index is 809. The van der Waals surface area contributed by atoms with E-state index in [1.807, 2.05) is 60.0 Å². The first-order valence-corrected chi connectivity index (χ1v) is 7.17. The number of benzene rings is 1. The van der Waals surface area contributed by atoms with Crippen LogP contribution in [0.3, 0.4) is 0 Å². The third-order valence-electron chi connectivity index (χ3n) is 3.31. The monoisotopic (exact) mass is 295 g/mol. The summed E-state index contributed by atoms with van der Waals surface area (Å²) in [5.74, 6) is 0.614. The number of pyridine rings is 1. The fourth-order valence-corrected chi connectivity index (χ4v) is 2.33. The van der Waals surface area contributed by atoms with Crippen LogP contribution >= 0.6 is 0 Å². The van der Waals surface area contributed by atoms with E-state index in [4.69, 9.17) is 4.74 Å². The zero-order chi connectivity index (χ0) is 15.5. The molecule has 2 aromatic heterocycles. The maximum atomic E-state index is 11.8. The Balaban J connectivity index is 2.16. The molecule has 0 fully saturated rings. The summed E-state index contributed by atoms with van der Waals surface area (Å²) in [7, 11) is 0. The van der Waals surface area contributed by atoms with Gasteiger partial charge in [-0.25, -0.2) is 9.78 Å². The van der Waals surface area contributed by atoms with Crippen LogP contribution in [0.4, 0.5) is 10.6 Å². The number of carbonyl (C=O) groups excluding carboxylic acids is 1. The van der Waals surface area contributed by atoms with E-state index in [1.54, 1.807) is 6.92 Å². The van der Waals surface area contributed by atoms with Crippen molar-refractivity contribution in [2.24, 2.45) is 0 Å². The predicted octanol–water partition coefficient (Wildman–Crippen LogP) is 3.88. The number of anilines is 1. The van der Waals surface area contributed by atoms with E-state index in [0.29, 0.717) is 12.4 Å². The lowest BCUT2D eigenvalue weighted by Gasteiger charge is -2.08. The molecule has 3 rings (SSSR count). The molecule has 0 aliphatic carbocycles. The molecule has 112 valence electrons. The van der Waals surface area contributed by atoms with Gasteiger partial charge in [-0.3, -0.25) is 9.72 Å². The number of ether oxygens (including phenoxy) is 1. The molecule has 0 radical (unpaired) electrons. The molecule has 0 aliphatic rings. The summed E-state index contributed by atoms with van der Waals surface area (Å²) in [6, 6.07) is 13.7. The van der Waals surface area contributed by atoms with Crippen molar-refractivity contribution >= 4 is 17.6 Å². The number of hydrogen-bond acceptors (Lipinski definition) is 3. The second-order valence-corrected chi connectivity index (χ2v) is 4.96. The van der Waals surface area contributed by atoms with Crippen LogP contribution in [0, 0.1) is 6.92 Å². The van der Waals surface area contributed by atoms with E-state index in [1.165, 1.54) is 0 Å². The molecule has 2 heterocycles. The van der Waals surface area contributed by atoms with Crippen molar-refractivity contribution in [2.75, 3.05) is 11.9 Å². The summed E-state index contributed by atoms with van der Waals surface area (Å²) in [6.45, 7) is 4.09. The normalized spacial score (nSPS) is 10.6. The number of imidazole rings is 1. The van der Waals surface area contributed by atoms with Crippen LogP contribution in [-0.4, -0.2) is 22.1 Å². The Labute approximate surface area is 128 Å². The Morgan fingerprint density at radius 2 is 2.00 bits per heavy atom. The second-order valence-electron chi connectivity index (χ2n) is 4.96. The first-order valence-electron chi connectivity index (χ1n) is 7.17. The lowest BCUT2D eigenvalue weighted by molar-refractivity contribution is 0.168. The Hall–Kier alpha value is -2.82. The molecule has 1 N–H and O–H groups in total. The van der Waals surface area contributed by atoms with Crippen LogP contribution < -0.4 is 5.32 Å². The highest BCUT2D eigenvalue weighted by Gasteiger charge is 2.16. The third-order valence-corrected chi connectivity index (χ3v) is 3.31. The van der Waals surface area contributed by atoms with E-state index in [-0.39, 0.29) is 0 Å². The van der Waals surface area contributed by atoms with Gasteiger partial charge in [0.2, 0.25) is 0 Å². The first kappa shape index (κ1) is 14.1. The van der Waals surface area contributed by atoms with Crippen LogP contribution in [0.5, 0.6) is 0 Å². The maximum absolute atomic E-state index is 11.8. The number of nitrogens with one attached hydrogen (secondary N) is 1. The summed E-state index contributed by atoms with van der Waals surface area (Å²) < 4.78 is 6.86. The van der Waals surface area contributed by atoms with Gasteiger partial charge in [0.05, 0.1) is 6.61 Å². The predicted molar refractivity (Wildman–Crippen MR) is 86.0 cm³/mol. The van der Waals surface area contributed by atoms with E-state index >= 15 is 0 Å². The molecule has 1 amide bonds. The number of hydrogen-bond donors (Lipinski definition) is 1. The molecule has 3 aromatic rings. The van der Waals surface area contributed by atoms with Crippen molar-refractivity contribution in [1.82, 2.24) is 9.38 Å². The van der Waals surface area contributed by atoms with Crippen molar-refractivity contribution < 1.29 is 9.53 Å². The van der Waals surface area contributed by atoms with E-state index in [9.17, 15) is 4.79 Å². The lowest BCUT2D eigenvalue weighted by Crippen LogP contribution is -2.15. The van der Waals surface area contributed by atoms with Crippen LogP contribution in [0.1, 0.15) is 12.5 Å². The van der Waals surface area contributed by atoms with Crippen molar-refractivity contribution in [1.29, 1.82) is 0 Å². The SMILES string of the molecule is CCOC(=O)Nc1c(-c2ccccc2)nc2ccc(C)cn12. The van der Waals surface area contributed by atoms with Crippen LogP contribution in [-0.2, 0) is 4.74 Å². The highest BCUT2D eigenvalue weighted by Crippen LogP contribution is 2.29. The number of nitrogens with zero attached hydrogens (tertiary/aromatic N) is 2. The molecule has 0 saturated heterocycles. The Morgan fingerprint density at radius 1 is 1.23 bits per heavy atom. The van der Waals surface area contributed by atoms with Gasteiger partial charge in [0.15, 0.2) is 0 Å². The highest BCUT2D eigenvalue weighted by atomic mass is 16.5. The van der Waals surface area contributed by atoms with Gasteiger partial charge in [0.25, 0.3) is 0 Å². The van der Waals surface area contributed by atoms with E-state index in [0.717, 1.165) is 22.5 Å². The fraction of sp³-hybridized carbons (Fsp3) is 0.176. The molecule has 5 heteroatoms. The molecule has 0 spiro atoms. The Kier molecular flexibility index (Phi) is 3.78. The average Bonchev–Trinajstić information content (AvgIpc) is 2.86. The zero-order valence-corrected chi connectivity index (χ0v) is 12.5. The van der Waals surface area contributed by atoms with Gasteiger partial charge in [-0.2, -0.15) is 0 Å². The van der Waals surface area contributed by atoms with Gasteiger partial charge in [-0.1, -0.05) is 36.4 Å². The number of fused-ring (bicyclic) bond motifs is 1. The van der Waals surface area contributed by atoms with Gasteiger partial charge >= 0.3 is 6.09 Å². The minimum absolute atomic E-state index is 0.322. The van der Waals surface area contributed by atoms with Crippen LogP contribution in [0.15, 0.2) is 48.7 Å². The van der Waals surface area contributed by atoms with Gasteiger partial charge in [-0.15, -0.1) is 0 Å². The topological polar surface area (TPSA) is 55.6 Å². The molecular formula is C17H17N3O2. The largest absolute Gasteiger partial charge is 0.450 e. The van der Waals surface area contributed by atoms with Gasteiger partial charge in [0, 0.05) is 11.8 Å². The fourth-order valence-electron chi connectivity index (χ4n) is 2.33. The summed E-state index contributed by atoms with van der Waals surface area (Å²) >= 11 is 0. The van der Waals surface area contributed by atoms with E-state index < -0.39 is 6.09 Å². The molecule has 22 heavy (non-hydrogen) atoms. The summed E-state index contributed by atoms with van der Waals surface area (Å²) in [4.78, 5) is 16.5. The zero-order valence-electron chi connectivity index (χ0n) is 12.5. The maximum Gasteiger partial charge on any atom is 0.412 e. The smallest absolute Gasteiger partial charge is 0.412 e. The quantitative estimate of drug-likeness (QED) is 0.797. The van der Waals surface area contributed by atoms with E-state index in [2.05, 4.69) is 10.3 Å². The molecule has 5 nitrogen and oxygen atoms in total. The van der Waals surface area contributed by atoms with Crippen molar-refractivity contribution in [3.8, 4) is 11.3 Å². The lowest BCUT2D eigenvalue weighted by atomic mass is 10.1. The van der Waals surface area contributed by atoms with Gasteiger partial charge < -0.3 is 4.74 Å². The highest BCUT2D eigenvalue weighted by molar-refractivity contribution is 5.90. The van der Waals surface area contributed by atoms with Crippen molar-refractivity contribution in [3.63, 3.8) is 0 Å².